The van der Waals surface area contributed by atoms with Gasteiger partial charge in [-0.1, -0.05) is 11.6 Å². The molecule has 13 heteroatoms. The fourth-order valence-electron chi connectivity index (χ4n) is 3.38. The van der Waals surface area contributed by atoms with E-state index in [-0.39, 0.29) is 40.0 Å². The molecule has 3 aromatic rings. The van der Waals surface area contributed by atoms with Crippen molar-refractivity contribution in [2.75, 3.05) is 10.6 Å². The number of carboxylic acids is 1. The molecule has 11 nitrogen and oxygen atoms in total. The quantitative estimate of drug-likeness (QED) is 0.304. The predicted molar refractivity (Wildman–Crippen MR) is 135 cm³/mol. The number of nitrogens with one attached hydrogen (secondary N) is 3. The largest absolute Gasteiger partial charge is 0.481 e. The van der Waals surface area contributed by atoms with Gasteiger partial charge in [0.1, 0.15) is 6.04 Å². The lowest BCUT2D eigenvalue weighted by Gasteiger charge is -2.18. The van der Waals surface area contributed by atoms with E-state index in [9.17, 15) is 22.8 Å². The second kappa shape index (κ2) is 11.1. The number of anilines is 2. The summed E-state index contributed by atoms with van der Waals surface area (Å²) in [5.74, 6) is -1.97. The minimum Gasteiger partial charge on any atom is -0.481 e. The molecule has 0 fully saturated rings. The first-order valence-electron chi connectivity index (χ1n) is 10.9. The Morgan fingerprint density at radius 1 is 1.17 bits per heavy atom. The predicted octanol–water partition coefficient (Wildman–Crippen LogP) is 3.12. The summed E-state index contributed by atoms with van der Waals surface area (Å²) in [7, 11) is -4.16. The summed E-state index contributed by atoms with van der Waals surface area (Å²) in [6.07, 6.45) is -0.754. The molecule has 0 aliphatic carbocycles. The van der Waals surface area contributed by atoms with Crippen molar-refractivity contribution < 1.29 is 27.5 Å². The van der Waals surface area contributed by atoms with E-state index in [0.717, 1.165) is 0 Å². The number of carbonyl (C=O) groups excluding carboxylic acids is 1. The van der Waals surface area contributed by atoms with E-state index in [2.05, 4.69) is 20.3 Å². The van der Waals surface area contributed by atoms with Crippen LogP contribution in [0, 0.1) is 6.92 Å². The van der Waals surface area contributed by atoms with Gasteiger partial charge in [-0.05, 0) is 69.2 Å². The van der Waals surface area contributed by atoms with Gasteiger partial charge in [-0.3, -0.25) is 9.59 Å². The number of benzene rings is 2. The number of aliphatic carboxylic acids is 1. The maximum atomic E-state index is 13.0. The molecule has 1 atom stereocenters. The van der Waals surface area contributed by atoms with Crippen molar-refractivity contribution in [1.82, 2.24) is 9.71 Å². The lowest BCUT2D eigenvalue weighted by atomic mass is 10.1. The molecule has 3 rings (SSSR count). The van der Waals surface area contributed by atoms with Crippen LogP contribution in [0.15, 0.2) is 50.5 Å². The third-order valence-corrected chi connectivity index (χ3v) is 6.73. The van der Waals surface area contributed by atoms with Gasteiger partial charge < -0.3 is 20.2 Å². The highest BCUT2D eigenvalue weighted by Gasteiger charge is 2.27. The van der Waals surface area contributed by atoms with Crippen LogP contribution < -0.4 is 21.0 Å². The van der Waals surface area contributed by atoms with Gasteiger partial charge in [-0.15, -0.1) is 0 Å². The molecule has 0 unspecified atom stereocenters. The number of carboxylic acid groups (broad SMARTS) is 1. The molecule has 0 radical (unpaired) electrons. The number of nitrogens with zero attached hydrogens (tertiary/aromatic N) is 1. The smallest absolute Gasteiger partial charge is 0.348 e. The number of hydrogen-bond donors (Lipinski definition) is 4. The molecule has 0 aliphatic heterocycles. The summed E-state index contributed by atoms with van der Waals surface area (Å²) >= 11 is 5.81. The number of hydrogen-bond acceptors (Lipinski definition) is 8. The second-order valence-electron chi connectivity index (χ2n) is 8.34. The van der Waals surface area contributed by atoms with E-state index < -0.39 is 40.0 Å². The molecule has 0 saturated heterocycles. The Kier molecular flexibility index (Phi) is 8.33. The van der Waals surface area contributed by atoms with Crippen LogP contribution in [0.5, 0.6) is 0 Å². The molecule has 36 heavy (non-hydrogen) atoms. The lowest BCUT2D eigenvalue weighted by molar-refractivity contribution is -0.137. The van der Waals surface area contributed by atoms with E-state index in [4.69, 9.17) is 21.1 Å². The molecular formula is C23H25ClN4O7S. The fourth-order valence-corrected chi connectivity index (χ4v) is 4.74. The highest BCUT2D eigenvalue weighted by molar-refractivity contribution is 7.89. The molecule has 1 aromatic heterocycles. The topological polar surface area (TPSA) is 168 Å². The maximum absolute atomic E-state index is 13.0. The summed E-state index contributed by atoms with van der Waals surface area (Å²) < 4.78 is 33.1. The molecule has 192 valence electrons. The molecule has 1 amide bonds. The summed E-state index contributed by atoms with van der Waals surface area (Å²) in [6.45, 7) is 5.32. The van der Waals surface area contributed by atoms with Crippen LogP contribution in [-0.2, 0) is 19.6 Å². The van der Waals surface area contributed by atoms with Crippen LogP contribution in [0.25, 0.3) is 10.9 Å². The molecule has 1 heterocycles. The van der Waals surface area contributed by atoms with Gasteiger partial charge in [-0.25, -0.2) is 13.2 Å². The van der Waals surface area contributed by atoms with Crippen LogP contribution >= 0.6 is 11.6 Å². The molecule has 2 aromatic carbocycles. The van der Waals surface area contributed by atoms with Crippen LogP contribution in [0.2, 0.25) is 5.02 Å². The Hall–Kier alpha value is -3.48. The second-order valence-corrected chi connectivity index (χ2v) is 10.5. The Morgan fingerprint density at radius 3 is 2.44 bits per heavy atom. The SMILES string of the molecule is Cc1cc(NC(=O)[C@H](CCC(=O)O)NS(=O)(=O)c2ccc(Cl)cc2)cc2nc(NC(C)C)oc(=O)c12. The summed E-state index contributed by atoms with van der Waals surface area (Å²) in [5, 5.41) is 15.1. The summed E-state index contributed by atoms with van der Waals surface area (Å²) in [4.78, 5) is 40.7. The maximum Gasteiger partial charge on any atom is 0.348 e. The van der Waals surface area contributed by atoms with Gasteiger partial charge in [-0.2, -0.15) is 9.71 Å². The summed E-state index contributed by atoms with van der Waals surface area (Å²) in [6, 6.07) is 6.82. The Balaban J connectivity index is 1.91. The van der Waals surface area contributed by atoms with Gasteiger partial charge in [0.2, 0.25) is 15.9 Å². The van der Waals surface area contributed by atoms with E-state index in [1.54, 1.807) is 6.92 Å². The van der Waals surface area contributed by atoms with Gasteiger partial charge in [0.05, 0.1) is 15.8 Å². The van der Waals surface area contributed by atoms with Crippen LogP contribution in [-0.4, -0.2) is 42.5 Å². The van der Waals surface area contributed by atoms with E-state index in [0.29, 0.717) is 10.6 Å². The molecule has 0 spiro atoms. The zero-order valence-corrected chi connectivity index (χ0v) is 21.2. The monoisotopic (exact) mass is 536 g/mol. The van der Waals surface area contributed by atoms with Gasteiger partial charge in [0.15, 0.2) is 0 Å². The number of sulfonamides is 1. The van der Waals surface area contributed by atoms with Gasteiger partial charge >= 0.3 is 11.6 Å². The zero-order chi connectivity index (χ0) is 26.6. The van der Waals surface area contributed by atoms with Crippen molar-refractivity contribution in [3.05, 3.63) is 57.4 Å². The van der Waals surface area contributed by atoms with Crippen molar-refractivity contribution in [2.45, 2.75) is 50.6 Å². The molecule has 0 aliphatic rings. The Labute approximate surface area is 211 Å². The highest BCUT2D eigenvalue weighted by atomic mass is 35.5. The Morgan fingerprint density at radius 2 is 1.83 bits per heavy atom. The number of fused-ring (bicyclic) bond motifs is 1. The standard InChI is InChI=1S/C23H25ClN4O7S/c1-12(2)25-23-27-18-11-15(10-13(3)20(18)22(32)35-23)26-21(31)17(8-9-19(29)30)28-36(33,34)16-6-4-14(24)5-7-16/h4-7,10-12,17,28H,8-9H2,1-3H3,(H,25,27)(H,26,31)(H,29,30)/t17-/m0/s1. The fraction of sp³-hybridized carbons (Fsp3) is 0.304. The van der Waals surface area contributed by atoms with Crippen LogP contribution in [0.3, 0.4) is 0 Å². The van der Waals surface area contributed by atoms with Crippen molar-refractivity contribution in [1.29, 1.82) is 0 Å². The number of carbonyl (C=O) groups is 2. The minimum atomic E-state index is -4.16. The minimum absolute atomic E-state index is 0.0143. The number of aryl methyl sites for hydroxylation is 1. The highest BCUT2D eigenvalue weighted by Crippen LogP contribution is 2.22. The van der Waals surface area contributed by atoms with Crippen LogP contribution in [0.4, 0.5) is 11.7 Å². The number of aromatic nitrogens is 1. The summed E-state index contributed by atoms with van der Waals surface area (Å²) in [5.41, 5.74) is 0.371. The van der Waals surface area contributed by atoms with Crippen molar-refractivity contribution in [3.63, 3.8) is 0 Å². The first-order valence-corrected chi connectivity index (χ1v) is 12.7. The molecule has 4 N–H and O–H groups in total. The molecule has 0 bridgehead atoms. The number of amides is 1. The normalized spacial score (nSPS) is 12.5. The third-order valence-electron chi connectivity index (χ3n) is 4.99. The van der Waals surface area contributed by atoms with E-state index in [1.807, 2.05) is 13.8 Å². The van der Waals surface area contributed by atoms with Gasteiger partial charge in [0, 0.05) is 23.2 Å². The Bertz CT molecular complexity index is 1450. The number of halogens is 1. The van der Waals surface area contributed by atoms with E-state index in [1.165, 1.54) is 36.4 Å². The first-order chi connectivity index (χ1) is 16.9. The van der Waals surface area contributed by atoms with Gasteiger partial charge in [0.25, 0.3) is 6.01 Å². The lowest BCUT2D eigenvalue weighted by Crippen LogP contribution is -2.44. The van der Waals surface area contributed by atoms with Crippen molar-refractivity contribution >= 4 is 56.1 Å². The van der Waals surface area contributed by atoms with E-state index >= 15 is 0 Å². The molecule has 0 saturated carbocycles. The van der Waals surface area contributed by atoms with Crippen molar-refractivity contribution in [2.24, 2.45) is 0 Å². The zero-order valence-electron chi connectivity index (χ0n) is 19.7. The third kappa shape index (κ3) is 6.80. The average Bonchev–Trinajstić information content (AvgIpc) is 2.75. The van der Waals surface area contributed by atoms with Crippen molar-refractivity contribution in [3.8, 4) is 0 Å². The first kappa shape index (κ1) is 27.1. The van der Waals surface area contributed by atoms with Crippen LogP contribution in [0.1, 0.15) is 32.3 Å². The number of rotatable bonds is 10. The average molecular weight is 537 g/mol. The molecular weight excluding hydrogens is 512 g/mol.